The summed E-state index contributed by atoms with van der Waals surface area (Å²) in [6.07, 6.45) is 0.792. The van der Waals surface area contributed by atoms with Gasteiger partial charge in [0.25, 0.3) is 5.91 Å². The van der Waals surface area contributed by atoms with E-state index in [2.05, 4.69) is 15.5 Å². The molecule has 9 nitrogen and oxygen atoms in total. The van der Waals surface area contributed by atoms with Gasteiger partial charge in [-0.2, -0.15) is 4.98 Å². The van der Waals surface area contributed by atoms with Crippen LogP contribution in [-0.4, -0.2) is 43.9 Å². The summed E-state index contributed by atoms with van der Waals surface area (Å²) in [6, 6.07) is 13.6. The molecule has 0 aliphatic heterocycles. The van der Waals surface area contributed by atoms with Gasteiger partial charge >= 0.3 is 0 Å². The van der Waals surface area contributed by atoms with Crippen LogP contribution in [0.5, 0.6) is 5.75 Å². The van der Waals surface area contributed by atoms with Crippen LogP contribution in [0.3, 0.4) is 0 Å². The average molecular weight is 479 g/mol. The number of aromatic nitrogens is 2. The number of anilines is 1. The van der Waals surface area contributed by atoms with Gasteiger partial charge in [0.15, 0.2) is 6.10 Å². The van der Waals surface area contributed by atoms with Crippen LogP contribution >= 0.6 is 11.6 Å². The van der Waals surface area contributed by atoms with Crippen LogP contribution in [-0.2, 0) is 21.4 Å². The second-order valence-electron chi connectivity index (χ2n) is 6.95. The minimum absolute atomic E-state index is 0.0360. The van der Waals surface area contributed by atoms with E-state index in [0.717, 1.165) is 10.6 Å². The highest BCUT2D eigenvalue weighted by molar-refractivity contribution is 7.92. The Balaban J connectivity index is 1.59. The van der Waals surface area contributed by atoms with Crippen molar-refractivity contribution in [3.8, 4) is 17.1 Å². The standard InChI is InChI=1S/C21H23ClN4O5S/c1-4-18(30-15-11-9-14(10-12-15)26(2)32(3,28)29)21(27)23-13-19-24-20(25-31-19)16-7-5-6-8-17(16)22/h5-12,18H,4,13H2,1-3H3,(H,23,27)/t18-/m0/s1. The molecule has 32 heavy (non-hydrogen) atoms. The van der Waals surface area contributed by atoms with Gasteiger partial charge in [-0.15, -0.1) is 0 Å². The van der Waals surface area contributed by atoms with E-state index in [1.807, 2.05) is 13.0 Å². The Kier molecular flexibility index (Phi) is 7.37. The summed E-state index contributed by atoms with van der Waals surface area (Å²) >= 11 is 6.14. The normalized spacial score (nSPS) is 12.2. The number of nitrogens with zero attached hydrogens (tertiary/aromatic N) is 3. The number of carbonyl (C=O) groups is 1. The second kappa shape index (κ2) is 10.0. The van der Waals surface area contributed by atoms with E-state index < -0.39 is 16.1 Å². The third-order valence-electron chi connectivity index (χ3n) is 4.64. The predicted molar refractivity (Wildman–Crippen MR) is 121 cm³/mol. The molecule has 3 aromatic rings. The van der Waals surface area contributed by atoms with E-state index in [0.29, 0.717) is 34.3 Å². The molecule has 1 N–H and O–H groups in total. The third-order valence-corrected chi connectivity index (χ3v) is 6.17. The largest absolute Gasteiger partial charge is 0.481 e. The van der Waals surface area contributed by atoms with E-state index in [-0.39, 0.29) is 18.3 Å². The maximum atomic E-state index is 12.6. The Bertz CT molecular complexity index is 1180. The van der Waals surface area contributed by atoms with E-state index in [1.165, 1.54) is 7.05 Å². The second-order valence-corrected chi connectivity index (χ2v) is 9.37. The molecule has 0 saturated heterocycles. The maximum absolute atomic E-state index is 12.6. The number of sulfonamides is 1. The summed E-state index contributed by atoms with van der Waals surface area (Å²) in [5, 5.41) is 7.11. The quantitative estimate of drug-likeness (QED) is 0.502. The van der Waals surface area contributed by atoms with E-state index in [4.69, 9.17) is 20.9 Å². The Hall–Kier alpha value is -3.11. The first kappa shape index (κ1) is 23.6. The fraction of sp³-hybridized carbons (Fsp3) is 0.286. The van der Waals surface area contributed by atoms with Crippen LogP contribution < -0.4 is 14.4 Å². The molecule has 1 atom stereocenters. The number of ether oxygens (including phenoxy) is 1. The first-order valence-corrected chi connectivity index (χ1v) is 12.0. The highest BCUT2D eigenvalue weighted by Gasteiger charge is 2.20. The molecule has 1 amide bonds. The third kappa shape index (κ3) is 5.77. The van der Waals surface area contributed by atoms with Crippen LogP contribution in [0.4, 0.5) is 5.69 Å². The topological polar surface area (TPSA) is 115 Å². The fourth-order valence-corrected chi connectivity index (χ4v) is 3.49. The summed E-state index contributed by atoms with van der Waals surface area (Å²) in [5.74, 6) is 0.664. The van der Waals surface area contributed by atoms with Crippen LogP contribution in [0, 0.1) is 0 Å². The molecular weight excluding hydrogens is 456 g/mol. The summed E-state index contributed by atoms with van der Waals surface area (Å²) in [6.45, 7) is 1.85. The molecule has 11 heteroatoms. The van der Waals surface area contributed by atoms with Gasteiger partial charge in [-0.25, -0.2) is 8.42 Å². The summed E-state index contributed by atoms with van der Waals surface area (Å²) in [7, 11) is -1.90. The molecule has 170 valence electrons. The highest BCUT2D eigenvalue weighted by atomic mass is 35.5. The lowest BCUT2D eigenvalue weighted by molar-refractivity contribution is -0.128. The van der Waals surface area contributed by atoms with E-state index in [9.17, 15) is 13.2 Å². The molecular formula is C21H23ClN4O5S. The lowest BCUT2D eigenvalue weighted by atomic mass is 10.2. The van der Waals surface area contributed by atoms with Crippen molar-refractivity contribution in [3.63, 3.8) is 0 Å². The molecule has 0 aliphatic rings. The van der Waals surface area contributed by atoms with Gasteiger partial charge in [0.05, 0.1) is 23.5 Å². The van der Waals surface area contributed by atoms with Crippen molar-refractivity contribution in [1.82, 2.24) is 15.5 Å². The predicted octanol–water partition coefficient (Wildman–Crippen LogP) is 3.26. The van der Waals surface area contributed by atoms with Crippen LogP contribution in [0.25, 0.3) is 11.4 Å². The minimum atomic E-state index is -3.36. The molecule has 2 aromatic carbocycles. The zero-order chi connectivity index (χ0) is 23.3. The fourth-order valence-electron chi connectivity index (χ4n) is 2.77. The van der Waals surface area contributed by atoms with Gasteiger partial charge in [0.1, 0.15) is 5.75 Å². The van der Waals surface area contributed by atoms with Crippen molar-refractivity contribution in [3.05, 3.63) is 59.4 Å². The molecule has 0 unspecified atom stereocenters. The molecule has 0 bridgehead atoms. The molecule has 0 aliphatic carbocycles. The van der Waals surface area contributed by atoms with Gasteiger partial charge in [0, 0.05) is 12.6 Å². The van der Waals surface area contributed by atoms with E-state index in [1.54, 1.807) is 42.5 Å². The smallest absolute Gasteiger partial charge is 0.261 e. The first-order chi connectivity index (χ1) is 15.2. The Morgan fingerprint density at radius 1 is 1.22 bits per heavy atom. The number of hydrogen-bond donors (Lipinski definition) is 1. The Labute approximate surface area is 191 Å². The van der Waals surface area contributed by atoms with Gasteiger partial charge in [-0.3, -0.25) is 9.10 Å². The first-order valence-electron chi connectivity index (χ1n) is 9.75. The van der Waals surface area contributed by atoms with Crippen molar-refractivity contribution in [1.29, 1.82) is 0 Å². The average Bonchev–Trinajstić information content (AvgIpc) is 3.24. The lowest BCUT2D eigenvalue weighted by Crippen LogP contribution is -2.37. The van der Waals surface area contributed by atoms with Crippen molar-refractivity contribution in [2.45, 2.75) is 26.0 Å². The maximum Gasteiger partial charge on any atom is 0.261 e. The number of hydrogen-bond acceptors (Lipinski definition) is 7. The summed E-state index contributed by atoms with van der Waals surface area (Å²) < 4.78 is 35.4. The zero-order valence-electron chi connectivity index (χ0n) is 17.8. The lowest BCUT2D eigenvalue weighted by Gasteiger charge is -2.19. The molecule has 3 rings (SSSR count). The molecule has 1 aromatic heterocycles. The summed E-state index contributed by atoms with van der Waals surface area (Å²) in [4.78, 5) is 16.8. The van der Waals surface area contributed by atoms with Crippen molar-refractivity contribution in [2.75, 3.05) is 17.6 Å². The number of benzene rings is 2. The SMILES string of the molecule is CC[C@H](Oc1ccc(N(C)S(C)(=O)=O)cc1)C(=O)NCc1nc(-c2ccccc2Cl)no1. The zero-order valence-corrected chi connectivity index (χ0v) is 19.4. The highest BCUT2D eigenvalue weighted by Crippen LogP contribution is 2.25. The van der Waals surface area contributed by atoms with Crippen LogP contribution in [0.1, 0.15) is 19.2 Å². The molecule has 1 heterocycles. The Morgan fingerprint density at radius 3 is 2.53 bits per heavy atom. The van der Waals surface area contributed by atoms with Crippen molar-refractivity contribution < 1.29 is 22.5 Å². The number of amides is 1. The number of halogens is 1. The van der Waals surface area contributed by atoms with E-state index >= 15 is 0 Å². The number of nitrogens with one attached hydrogen (secondary N) is 1. The van der Waals surface area contributed by atoms with Crippen molar-refractivity contribution in [2.24, 2.45) is 0 Å². The summed E-state index contributed by atoms with van der Waals surface area (Å²) in [5.41, 5.74) is 1.12. The molecule has 0 radical (unpaired) electrons. The van der Waals surface area contributed by atoms with Gasteiger partial charge in [-0.1, -0.05) is 35.8 Å². The monoisotopic (exact) mass is 478 g/mol. The molecule has 0 saturated carbocycles. The Morgan fingerprint density at radius 2 is 1.91 bits per heavy atom. The van der Waals surface area contributed by atoms with Crippen LogP contribution in [0.2, 0.25) is 5.02 Å². The van der Waals surface area contributed by atoms with Crippen molar-refractivity contribution >= 4 is 33.2 Å². The van der Waals surface area contributed by atoms with Gasteiger partial charge < -0.3 is 14.6 Å². The molecule has 0 fully saturated rings. The number of carbonyl (C=O) groups excluding carboxylic acids is 1. The number of rotatable bonds is 9. The molecule has 0 spiro atoms. The van der Waals surface area contributed by atoms with Gasteiger partial charge in [0.2, 0.25) is 21.7 Å². The minimum Gasteiger partial charge on any atom is -0.481 e. The van der Waals surface area contributed by atoms with Crippen LogP contribution in [0.15, 0.2) is 53.1 Å². The van der Waals surface area contributed by atoms with Gasteiger partial charge in [-0.05, 0) is 42.8 Å².